The maximum absolute atomic E-state index is 12.9. The lowest BCUT2D eigenvalue weighted by Crippen LogP contribution is -2.45. The third-order valence-corrected chi connectivity index (χ3v) is 12.7. The van der Waals surface area contributed by atoms with Gasteiger partial charge in [-0.2, -0.15) is 0 Å². The quantitative estimate of drug-likeness (QED) is 0.0272. The summed E-state index contributed by atoms with van der Waals surface area (Å²) in [7, 11) is 1.23. The first-order valence-corrected chi connectivity index (χ1v) is 28.0. The molecule has 0 aliphatic carbocycles. The second-order valence-corrected chi connectivity index (χ2v) is 20.6. The summed E-state index contributed by atoms with van der Waals surface area (Å²) in [6, 6.07) is -0.907. The highest BCUT2D eigenvalue weighted by Crippen LogP contribution is 2.38. The molecule has 0 aliphatic heterocycles. The molecule has 0 aromatic heterocycles. The van der Waals surface area contributed by atoms with E-state index in [1.807, 2.05) is 27.2 Å². The van der Waals surface area contributed by atoms with Crippen LogP contribution in [0.5, 0.6) is 0 Å². The third kappa shape index (κ3) is 48.2. The van der Waals surface area contributed by atoms with Crippen LogP contribution in [0, 0.1) is 0 Å². The molecule has 370 valence electrons. The van der Waals surface area contributed by atoms with Gasteiger partial charge in [0.2, 0.25) is 5.91 Å². The molecule has 63 heavy (non-hydrogen) atoms. The molecule has 9 heteroatoms. The molecule has 3 unspecified atom stereocenters. The molecule has 0 aliphatic rings. The normalized spacial score (nSPS) is 14.5. The fourth-order valence-corrected chi connectivity index (χ4v) is 8.32. The molecule has 0 heterocycles. The first-order chi connectivity index (χ1) is 30.5. The van der Waals surface area contributed by atoms with Crippen LogP contribution in [-0.4, -0.2) is 68.5 Å². The Morgan fingerprint density at radius 1 is 0.556 bits per heavy atom. The number of hydrogen-bond acceptors (Lipinski definition) is 6. The van der Waals surface area contributed by atoms with Crippen LogP contribution in [0.2, 0.25) is 0 Å². The number of nitrogens with one attached hydrogen (secondary N) is 1. The van der Waals surface area contributed by atoms with E-state index in [-0.39, 0.29) is 12.5 Å². The summed E-state index contributed by atoms with van der Waals surface area (Å²) in [6.45, 7) is 4.50. The van der Waals surface area contributed by atoms with Gasteiger partial charge in [-0.15, -0.1) is 0 Å². The highest BCUT2D eigenvalue weighted by atomic mass is 31.2. The minimum absolute atomic E-state index is 0.00949. The summed E-state index contributed by atoms with van der Waals surface area (Å²) in [5.41, 5.74) is 0. The van der Waals surface area contributed by atoms with Gasteiger partial charge in [-0.3, -0.25) is 9.36 Å². The van der Waals surface area contributed by atoms with Crippen LogP contribution in [0.4, 0.5) is 0 Å². The number of phosphoric ester groups is 1. The van der Waals surface area contributed by atoms with Crippen molar-refractivity contribution in [2.75, 3.05) is 40.9 Å². The zero-order chi connectivity index (χ0) is 46.4. The van der Waals surface area contributed by atoms with E-state index in [0.29, 0.717) is 17.4 Å². The standard InChI is InChI=1S/C54H103N2O6P/c1-6-8-10-12-14-16-18-19-20-21-22-23-24-25-26-27-28-29-30-31-32-33-34-35-36-37-38-40-42-44-46-48-54(58)55-52(51-62-63(59,60)61-50-49-56(3,4)5)53(57)47-45-43-41-39-17-15-13-11-9-7-2/h9,11,17,25-26,39,45,47,52-53,57H,6-8,10,12-16,18-24,27-38,40-44,46,48-51H2,1-5H3,(H-,55,58,59,60)/b11-9+,26-25-,39-17+,47-45+. The van der Waals surface area contributed by atoms with Gasteiger partial charge in [-0.05, 0) is 64.2 Å². The van der Waals surface area contributed by atoms with Crippen molar-refractivity contribution in [3.8, 4) is 0 Å². The molecule has 0 aromatic carbocycles. The van der Waals surface area contributed by atoms with Crippen molar-refractivity contribution in [2.45, 2.75) is 251 Å². The van der Waals surface area contributed by atoms with Gasteiger partial charge in [0.15, 0.2) is 0 Å². The highest BCUT2D eigenvalue weighted by molar-refractivity contribution is 7.45. The number of quaternary nitrogens is 1. The Kier molecular flexibility index (Phi) is 44.5. The zero-order valence-electron chi connectivity index (χ0n) is 42.0. The second kappa shape index (κ2) is 45.6. The van der Waals surface area contributed by atoms with Crippen molar-refractivity contribution in [2.24, 2.45) is 0 Å². The van der Waals surface area contributed by atoms with Crippen molar-refractivity contribution in [1.82, 2.24) is 5.32 Å². The number of phosphoric acid groups is 1. The molecule has 0 radical (unpaired) electrons. The van der Waals surface area contributed by atoms with Crippen molar-refractivity contribution < 1.29 is 32.9 Å². The van der Waals surface area contributed by atoms with E-state index in [1.165, 1.54) is 167 Å². The lowest BCUT2D eigenvalue weighted by Gasteiger charge is -2.29. The Bertz CT molecular complexity index is 1170. The first-order valence-electron chi connectivity index (χ1n) is 26.5. The fourth-order valence-electron chi connectivity index (χ4n) is 7.60. The van der Waals surface area contributed by atoms with Crippen molar-refractivity contribution in [1.29, 1.82) is 0 Å². The Morgan fingerprint density at radius 3 is 1.37 bits per heavy atom. The van der Waals surface area contributed by atoms with Crippen molar-refractivity contribution >= 4 is 13.7 Å². The molecule has 0 saturated heterocycles. The molecular weight excluding hydrogens is 804 g/mol. The van der Waals surface area contributed by atoms with Crippen LogP contribution in [0.15, 0.2) is 48.6 Å². The number of likely N-dealkylation sites (N-methyl/N-ethyl adjacent to an activating group) is 1. The van der Waals surface area contributed by atoms with Gasteiger partial charge in [0.05, 0.1) is 39.9 Å². The van der Waals surface area contributed by atoms with Gasteiger partial charge < -0.3 is 28.8 Å². The van der Waals surface area contributed by atoms with Crippen LogP contribution in [-0.2, 0) is 18.4 Å². The molecule has 1 amide bonds. The average Bonchev–Trinajstić information content (AvgIpc) is 3.24. The predicted octanol–water partition coefficient (Wildman–Crippen LogP) is 15.0. The van der Waals surface area contributed by atoms with E-state index in [1.54, 1.807) is 6.08 Å². The lowest BCUT2D eigenvalue weighted by molar-refractivity contribution is -0.870. The first kappa shape index (κ1) is 61.5. The second-order valence-electron chi connectivity index (χ2n) is 19.2. The third-order valence-electron chi connectivity index (χ3n) is 11.8. The van der Waals surface area contributed by atoms with Crippen LogP contribution in [0.1, 0.15) is 239 Å². The van der Waals surface area contributed by atoms with E-state index in [9.17, 15) is 19.4 Å². The number of hydrogen-bond donors (Lipinski definition) is 2. The van der Waals surface area contributed by atoms with Crippen molar-refractivity contribution in [3.05, 3.63) is 48.6 Å². The van der Waals surface area contributed by atoms with E-state index >= 15 is 0 Å². The number of carbonyl (C=O) groups is 1. The van der Waals surface area contributed by atoms with E-state index in [4.69, 9.17) is 9.05 Å². The van der Waals surface area contributed by atoms with Crippen LogP contribution >= 0.6 is 7.82 Å². The van der Waals surface area contributed by atoms with E-state index in [0.717, 1.165) is 51.4 Å². The summed E-state index contributed by atoms with van der Waals surface area (Å²) in [4.78, 5) is 25.3. The zero-order valence-corrected chi connectivity index (χ0v) is 42.9. The van der Waals surface area contributed by atoms with Crippen molar-refractivity contribution in [3.63, 3.8) is 0 Å². The Balaban J connectivity index is 4.00. The van der Waals surface area contributed by atoms with Gasteiger partial charge in [0.25, 0.3) is 7.82 Å². The van der Waals surface area contributed by atoms with Crippen LogP contribution < -0.4 is 10.2 Å². The molecular formula is C54H103N2O6P. The molecule has 0 fully saturated rings. The molecule has 8 nitrogen and oxygen atoms in total. The van der Waals surface area contributed by atoms with Crippen LogP contribution in [0.3, 0.4) is 0 Å². The topological polar surface area (TPSA) is 108 Å². The summed E-state index contributed by atoms with van der Waals surface area (Å²) in [6.07, 6.45) is 59.3. The van der Waals surface area contributed by atoms with Gasteiger partial charge in [-0.1, -0.05) is 217 Å². The molecule has 2 N–H and O–H groups in total. The molecule has 0 saturated carbocycles. The number of amides is 1. The smallest absolute Gasteiger partial charge is 0.268 e. The fraction of sp³-hybridized carbons (Fsp3) is 0.833. The Hall–Kier alpha value is -1.54. The van der Waals surface area contributed by atoms with Gasteiger partial charge in [0, 0.05) is 6.42 Å². The van der Waals surface area contributed by atoms with E-state index in [2.05, 4.69) is 55.6 Å². The molecule has 0 spiro atoms. The number of rotatable bonds is 48. The van der Waals surface area contributed by atoms with Crippen LogP contribution in [0.25, 0.3) is 0 Å². The maximum atomic E-state index is 12.9. The molecule has 0 aromatic rings. The summed E-state index contributed by atoms with van der Waals surface area (Å²) in [5.74, 6) is -0.213. The number of aliphatic hydroxyl groups is 1. The number of unbranched alkanes of at least 4 members (excludes halogenated alkanes) is 29. The molecule has 0 bridgehead atoms. The highest BCUT2D eigenvalue weighted by Gasteiger charge is 2.23. The largest absolute Gasteiger partial charge is 0.756 e. The maximum Gasteiger partial charge on any atom is 0.268 e. The number of nitrogens with zero attached hydrogens (tertiary/aromatic N) is 1. The minimum Gasteiger partial charge on any atom is -0.756 e. The molecule has 0 rings (SSSR count). The van der Waals surface area contributed by atoms with E-state index < -0.39 is 26.6 Å². The molecule has 3 atom stereocenters. The van der Waals surface area contributed by atoms with Gasteiger partial charge in [-0.25, -0.2) is 0 Å². The van der Waals surface area contributed by atoms with Gasteiger partial charge in [0.1, 0.15) is 13.2 Å². The monoisotopic (exact) mass is 907 g/mol. The number of aliphatic hydroxyl groups excluding tert-OH is 1. The Morgan fingerprint density at radius 2 is 0.937 bits per heavy atom. The predicted molar refractivity (Wildman–Crippen MR) is 270 cm³/mol. The Labute approximate surface area is 390 Å². The lowest BCUT2D eigenvalue weighted by atomic mass is 10.0. The SMILES string of the molecule is CC/C=C/CC/C=C/CC/C=C/C(O)C(COP(=O)([O-])OCC[N+](C)(C)C)NC(=O)CCCCCCCCCCCCCCCCC/C=C\CCCCCCCCCCCCCC. The number of allylic oxidation sites excluding steroid dienone is 7. The van der Waals surface area contributed by atoms with Gasteiger partial charge >= 0.3 is 0 Å². The average molecular weight is 907 g/mol. The number of carbonyl (C=O) groups excluding carboxylic acids is 1. The summed E-state index contributed by atoms with van der Waals surface area (Å²) >= 11 is 0. The summed E-state index contributed by atoms with van der Waals surface area (Å²) in [5, 5.41) is 13.7. The summed E-state index contributed by atoms with van der Waals surface area (Å²) < 4.78 is 23.2. The minimum atomic E-state index is -4.60.